The number of hydrogen-bond acceptors (Lipinski definition) is 2. The van der Waals surface area contributed by atoms with Gasteiger partial charge in [0, 0.05) is 6.20 Å². The SMILES string of the molecule is Cc1cccn2cc(N)nc12. The normalized spacial score (nSPS) is 10.6. The lowest BCUT2D eigenvalue weighted by Gasteiger charge is -1.93. The molecule has 0 aliphatic carbocycles. The Kier molecular flexibility index (Phi) is 1.12. The van der Waals surface area contributed by atoms with Gasteiger partial charge in [-0.05, 0) is 18.6 Å². The summed E-state index contributed by atoms with van der Waals surface area (Å²) in [6.45, 7) is 2.02. The molecule has 3 nitrogen and oxygen atoms in total. The smallest absolute Gasteiger partial charge is 0.142 e. The summed E-state index contributed by atoms with van der Waals surface area (Å²) in [5.74, 6) is 0.569. The molecule has 0 aliphatic heterocycles. The number of fused-ring (bicyclic) bond motifs is 1. The van der Waals surface area contributed by atoms with Crippen molar-refractivity contribution in [3.05, 3.63) is 30.1 Å². The number of pyridine rings is 1. The van der Waals surface area contributed by atoms with Crippen LogP contribution in [0.2, 0.25) is 0 Å². The molecule has 0 atom stereocenters. The average Bonchev–Trinajstić information content (AvgIpc) is 2.31. The minimum absolute atomic E-state index is 0.569. The standard InChI is InChI=1S/C8H9N3/c1-6-3-2-4-11-5-7(9)10-8(6)11/h2-5H,9H2,1H3. The molecule has 56 valence electrons. The summed E-state index contributed by atoms with van der Waals surface area (Å²) < 4.78 is 1.92. The van der Waals surface area contributed by atoms with Crippen molar-refractivity contribution in [2.75, 3.05) is 5.73 Å². The van der Waals surface area contributed by atoms with Crippen LogP contribution in [-0.2, 0) is 0 Å². The molecule has 0 saturated heterocycles. The summed E-state index contributed by atoms with van der Waals surface area (Å²) in [4.78, 5) is 4.15. The zero-order valence-electron chi connectivity index (χ0n) is 6.28. The van der Waals surface area contributed by atoms with Crippen molar-refractivity contribution in [2.45, 2.75) is 6.92 Å². The fourth-order valence-corrected chi connectivity index (χ4v) is 1.17. The second-order valence-corrected chi connectivity index (χ2v) is 2.59. The zero-order chi connectivity index (χ0) is 7.84. The topological polar surface area (TPSA) is 43.3 Å². The lowest BCUT2D eigenvalue weighted by molar-refractivity contribution is 1.16. The molecule has 11 heavy (non-hydrogen) atoms. The van der Waals surface area contributed by atoms with Gasteiger partial charge in [0.2, 0.25) is 0 Å². The number of imidazole rings is 1. The van der Waals surface area contributed by atoms with E-state index in [2.05, 4.69) is 4.98 Å². The Morgan fingerprint density at radius 1 is 1.55 bits per heavy atom. The molecular formula is C8H9N3. The molecule has 0 unspecified atom stereocenters. The van der Waals surface area contributed by atoms with E-state index in [0.29, 0.717) is 5.82 Å². The highest BCUT2D eigenvalue weighted by molar-refractivity contribution is 5.52. The Balaban J connectivity index is 2.90. The molecule has 0 radical (unpaired) electrons. The van der Waals surface area contributed by atoms with E-state index in [1.807, 2.05) is 35.9 Å². The largest absolute Gasteiger partial charge is 0.382 e. The average molecular weight is 147 g/mol. The van der Waals surface area contributed by atoms with Crippen LogP contribution in [0, 0.1) is 6.92 Å². The number of hydrogen-bond donors (Lipinski definition) is 1. The summed E-state index contributed by atoms with van der Waals surface area (Å²) in [6.07, 6.45) is 3.74. The first-order valence-corrected chi connectivity index (χ1v) is 3.47. The molecule has 2 aromatic heterocycles. The fourth-order valence-electron chi connectivity index (χ4n) is 1.17. The quantitative estimate of drug-likeness (QED) is 0.609. The lowest BCUT2D eigenvalue weighted by Crippen LogP contribution is -1.84. The van der Waals surface area contributed by atoms with E-state index in [-0.39, 0.29) is 0 Å². The predicted molar refractivity (Wildman–Crippen MR) is 44.3 cm³/mol. The first-order chi connectivity index (χ1) is 5.27. The molecule has 0 aliphatic rings. The van der Waals surface area contributed by atoms with E-state index >= 15 is 0 Å². The third kappa shape index (κ3) is 0.852. The summed E-state index contributed by atoms with van der Waals surface area (Å²) >= 11 is 0. The second kappa shape index (κ2) is 1.99. The Labute approximate surface area is 64.5 Å². The highest BCUT2D eigenvalue weighted by atomic mass is 15.0. The highest BCUT2D eigenvalue weighted by Gasteiger charge is 1.98. The van der Waals surface area contributed by atoms with Gasteiger partial charge in [-0.1, -0.05) is 6.07 Å². The van der Waals surface area contributed by atoms with E-state index in [1.54, 1.807) is 0 Å². The van der Waals surface area contributed by atoms with Crippen molar-refractivity contribution in [3.8, 4) is 0 Å². The van der Waals surface area contributed by atoms with Crippen LogP contribution in [0.15, 0.2) is 24.5 Å². The van der Waals surface area contributed by atoms with Crippen LogP contribution in [0.3, 0.4) is 0 Å². The summed E-state index contributed by atoms with van der Waals surface area (Å²) in [6, 6.07) is 3.99. The number of anilines is 1. The van der Waals surface area contributed by atoms with Gasteiger partial charge in [0.15, 0.2) is 0 Å². The number of aryl methyl sites for hydroxylation is 1. The Bertz CT molecular complexity index is 389. The molecule has 2 rings (SSSR count). The van der Waals surface area contributed by atoms with Crippen molar-refractivity contribution in [1.29, 1.82) is 0 Å². The Morgan fingerprint density at radius 2 is 2.36 bits per heavy atom. The first kappa shape index (κ1) is 6.22. The first-order valence-electron chi connectivity index (χ1n) is 3.47. The van der Waals surface area contributed by atoms with Crippen LogP contribution in [-0.4, -0.2) is 9.38 Å². The van der Waals surface area contributed by atoms with Gasteiger partial charge in [-0.2, -0.15) is 0 Å². The van der Waals surface area contributed by atoms with E-state index in [0.717, 1.165) is 11.2 Å². The molecule has 0 spiro atoms. The maximum Gasteiger partial charge on any atom is 0.142 e. The van der Waals surface area contributed by atoms with Gasteiger partial charge in [-0.15, -0.1) is 0 Å². The van der Waals surface area contributed by atoms with Gasteiger partial charge in [-0.25, -0.2) is 4.98 Å². The molecule has 0 bridgehead atoms. The minimum Gasteiger partial charge on any atom is -0.382 e. The minimum atomic E-state index is 0.569. The van der Waals surface area contributed by atoms with E-state index in [4.69, 9.17) is 5.73 Å². The summed E-state index contributed by atoms with van der Waals surface area (Å²) in [7, 11) is 0. The molecule has 2 N–H and O–H groups in total. The van der Waals surface area contributed by atoms with Gasteiger partial charge in [-0.3, -0.25) is 0 Å². The molecule has 3 heteroatoms. The lowest BCUT2D eigenvalue weighted by atomic mass is 10.3. The van der Waals surface area contributed by atoms with Gasteiger partial charge in [0.05, 0.1) is 6.20 Å². The molecule has 2 aromatic rings. The molecule has 0 aromatic carbocycles. The van der Waals surface area contributed by atoms with Crippen molar-refractivity contribution in [1.82, 2.24) is 9.38 Å². The van der Waals surface area contributed by atoms with Gasteiger partial charge in [0.25, 0.3) is 0 Å². The summed E-state index contributed by atoms with van der Waals surface area (Å²) in [5, 5.41) is 0. The third-order valence-corrected chi connectivity index (χ3v) is 1.70. The van der Waals surface area contributed by atoms with Crippen LogP contribution in [0.4, 0.5) is 5.82 Å². The zero-order valence-corrected chi connectivity index (χ0v) is 6.28. The Hall–Kier alpha value is -1.51. The maximum absolute atomic E-state index is 5.53. The van der Waals surface area contributed by atoms with Crippen LogP contribution >= 0.6 is 0 Å². The van der Waals surface area contributed by atoms with Gasteiger partial charge < -0.3 is 10.1 Å². The van der Waals surface area contributed by atoms with Crippen molar-refractivity contribution in [2.24, 2.45) is 0 Å². The fraction of sp³-hybridized carbons (Fsp3) is 0.125. The van der Waals surface area contributed by atoms with E-state index in [9.17, 15) is 0 Å². The number of nitrogen functional groups attached to an aromatic ring is 1. The van der Waals surface area contributed by atoms with Gasteiger partial charge >= 0.3 is 0 Å². The van der Waals surface area contributed by atoms with E-state index < -0.39 is 0 Å². The molecular weight excluding hydrogens is 138 g/mol. The summed E-state index contributed by atoms with van der Waals surface area (Å²) in [5.41, 5.74) is 7.61. The van der Waals surface area contributed by atoms with E-state index in [1.165, 1.54) is 0 Å². The molecule has 2 heterocycles. The van der Waals surface area contributed by atoms with Crippen molar-refractivity contribution < 1.29 is 0 Å². The third-order valence-electron chi connectivity index (χ3n) is 1.70. The molecule has 0 fully saturated rings. The van der Waals surface area contributed by atoms with Crippen LogP contribution < -0.4 is 5.73 Å². The Morgan fingerprint density at radius 3 is 3.09 bits per heavy atom. The molecule has 0 amide bonds. The molecule has 0 saturated carbocycles. The number of aromatic nitrogens is 2. The number of nitrogens with two attached hydrogens (primary N) is 1. The van der Waals surface area contributed by atoms with Crippen LogP contribution in [0.1, 0.15) is 5.56 Å². The second-order valence-electron chi connectivity index (χ2n) is 2.59. The monoisotopic (exact) mass is 147 g/mol. The van der Waals surface area contributed by atoms with Gasteiger partial charge in [0.1, 0.15) is 11.5 Å². The van der Waals surface area contributed by atoms with Crippen molar-refractivity contribution >= 4 is 11.5 Å². The van der Waals surface area contributed by atoms with Crippen molar-refractivity contribution in [3.63, 3.8) is 0 Å². The maximum atomic E-state index is 5.53. The predicted octanol–water partition coefficient (Wildman–Crippen LogP) is 1.22. The number of nitrogens with zero attached hydrogens (tertiary/aromatic N) is 2. The number of rotatable bonds is 0. The highest BCUT2D eigenvalue weighted by Crippen LogP contribution is 2.09. The van der Waals surface area contributed by atoms with Crippen LogP contribution in [0.25, 0.3) is 5.65 Å². The van der Waals surface area contributed by atoms with Crippen LogP contribution in [0.5, 0.6) is 0 Å².